The summed E-state index contributed by atoms with van der Waals surface area (Å²) in [6.07, 6.45) is 1.16. The third-order valence-corrected chi connectivity index (χ3v) is 2.73. The third kappa shape index (κ3) is 4.42. The van der Waals surface area contributed by atoms with E-state index in [-0.39, 0.29) is 18.0 Å². The number of carbonyl (C=O) groups excluding carboxylic acids is 1. The van der Waals surface area contributed by atoms with Gasteiger partial charge in [-0.2, -0.15) is 0 Å². The molecule has 0 saturated carbocycles. The molecule has 0 radical (unpaired) electrons. The number of rotatable bonds is 8. The van der Waals surface area contributed by atoms with Gasteiger partial charge in [0, 0.05) is 26.6 Å². The second-order valence-electron chi connectivity index (χ2n) is 4.24. The van der Waals surface area contributed by atoms with Gasteiger partial charge in [-0.1, -0.05) is 13.0 Å². The lowest BCUT2D eigenvalue weighted by molar-refractivity contribution is -0.383. The summed E-state index contributed by atoms with van der Waals surface area (Å²) < 4.78 is 0. The molecular weight excluding hydrogens is 260 g/mol. The molecule has 0 aromatic heterocycles. The molecule has 7 heteroatoms. The first-order valence-corrected chi connectivity index (χ1v) is 6.55. The standard InChI is InChI=1S/C13H20N4O3/c1-3-8-16-12(18)7-9-15-11-6-4-5-10(14-2)13(11)17(19)20/h4-6,14-15H,3,7-9H2,1-2H3,(H,16,18). The highest BCUT2D eigenvalue weighted by Gasteiger charge is 2.18. The van der Waals surface area contributed by atoms with Crippen molar-refractivity contribution in [2.75, 3.05) is 30.8 Å². The van der Waals surface area contributed by atoms with E-state index in [0.717, 1.165) is 6.42 Å². The highest BCUT2D eigenvalue weighted by Crippen LogP contribution is 2.32. The monoisotopic (exact) mass is 280 g/mol. The summed E-state index contributed by atoms with van der Waals surface area (Å²) in [6.45, 7) is 2.98. The number of anilines is 2. The number of amides is 1. The summed E-state index contributed by atoms with van der Waals surface area (Å²) >= 11 is 0. The SMILES string of the molecule is CCCNC(=O)CCNc1cccc(NC)c1[N+](=O)[O-]. The van der Waals surface area contributed by atoms with E-state index >= 15 is 0 Å². The zero-order chi connectivity index (χ0) is 15.0. The first-order valence-electron chi connectivity index (χ1n) is 6.55. The van der Waals surface area contributed by atoms with Gasteiger partial charge >= 0.3 is 5.69 Å². The molecule has 0 aliphatic rings. The van der Waals surface area contributed by atoms with Crippen molar-refractivity contribution in [2.24, 2.45) is 0 Å². The van der Waals surface area contributed by atoms with E-state index in [0.29, 0.717) is 24.5 Å². The number of hydrogen-bond donors (Lipinski definition) is 3. The second-order valence-corrected chi connectivity index (χ2v) is 4.24. The molecular formula is C13H20N4O3. The summed E-state index contributed by atoms with van der Waals surface area (Å²) in [5, 5.41) is 19.6. The number of nitrogens with one attached hydrogen (secondary N) is 3. The van der Waals surface area contributed by atoms with Crippen LogP contribution in [-0.2, 0) is 4.79 Å². The Morgan fingerprint density at radius 1 is 1.30 bits per heavy atom. The maximum absolute atomic E-state index is 11.4. The molecule has 20 heavy (non-hydrogen) atoms. The van der Waals surface area contributed by atoms with E-state index in [1.54, 1.807) is 25.2 Å². The molecule has 0 unspecified atom stereocenters. The fourth-order valence-corrected chi connectivity index (χ4v) is 1.75. The quantitative estimate of drug-likeness (QED) is 0.499. The Balaban J connectivity index is 2.64. The topological polar surface area (TPSA) is 96.3 Å². The Kier molecular flexibility index (Phi) is 6.28. The van der Waals surface area contributed by atoms with Crippen LogP contribution in [0.2, 0.25) is 0 Å². The van der Waals surface area contributed by atoms with Crippen LogP contribution in [-0.4, -0.2) is 31.0 Å². The van der Waals surface area contributed by atoms with Crippen molar-refractivity contribution in [3.63, 3.8) is 0 Å². The smallest absolute Gasteiger partial charge is 0.315 e. The predicted molar refractivity (Wildman–Crippen MR) is 79.1 cm³/mol. The average molecular weight is 280 g/mol. The van der Waals surface area contributed by atoms with E-state index in [2.05, 4.69) is 16.0 Å². The fourth-order valence-electron chi connectivity index (χ4n) is 1.75. The predicted octanol–water partition coefficient (Wildman–Crippen LogP) is 1.96. The molecule has 1 amide bonds. The minimum Gasteiger partial charge on any atom is -0.382 e. The number of nitrogens with zero attached hydrogens (tertiary/aromatic N) is 1. The van der Waals surface area contributed by atoms with Crippen molar-refractivity contribution in [1.29, 1.82) is 0 Å². The highest BCUT2D eigenvalue weighted by molar-refractivity contribution is 5.78. The lowest BCUT2D eigenvalue weighted by Gasteiger charge is -2.10. The molecule has 7 nitrogen and oxygen atoms in total. The molecule has 1 aromatic carbocycles. The Morgan fingerprint density at radius 3 is 2.60 bits per heavy atom. The van der Waals surface area contributed by atoms with Crippen LogP contribution in [0.4, 0.5) is 17.1 Å². The van der Waals surface area contributed by atoms with Crippen molar-refractivity contribution in [3.8, 4) is 0 Å². The fraction of sp³-hybridized carbons (Fsp3) is 0.462. The van der Waals surface area contributed by atoms with Crippen LogP contribution in [0.15, 0.2) is 18.2 Å². The van der Waals surface area contributed by atoms with E-state index in [9.17, 15) is 14.9 Å². The molecule has 0 atom stereocenters. The van der Waals surface area contributed by atoms with E-state index < -0.39 is 4.92 Å². The lowest BCUT2D eigenvalue weighted by Crippen LogP contribution is -2.25. The normalized spacial score (nSPS) is 9.90. The van der Waals surface area contributed by atoms with Crippen LogP contribution in [0.25, 0.3) is 0 Å². The third-order valence-electron chi connectivity index (χ3n) is 2.73. The van der Waals surface area contributed by atoms with Crippen molar-refractivity contribution < 1.29 is 9.72 Å². The second kappa shape index (κ2) is 7.98. The Hall–Kier alpha value is -2.31. The zero-order valence-electron chi connectivity index (χ0n) is 11.7. The summed E-state index contributed by atoms with van der Waals surface area (Å²) in [5.41, 5.74) is 0.838. The van der Waals surface area contributed by atoms with Gasteiger partial charge in [-0.3, -0.25) is 14.9 Å². The largest absolute Gasteiger partial charge is 0.382 e. The maximum Gasteiger partial charge on any atom is 0.315 e. The van der Waals surface area contributed by atoms with Gasteiger partial charge in [0.2, 0.25) is 5.91 Å². The van der Waals surface area contributed by atoms with Crippen molar-refractivity contribution >= 4 is 23.0 Å². The Morgan fingerprint density at radius 2 is 2.00 bits per heavy atom. The Bertz CT molecular complexity index is 477. The highest BCUT2D eigenvalue weighted by atomic mass is 16.6. The molecule has 0 bridgehead atoms. The zero-order valence-corrected chi connectivity index (χ0v) is 11.7. The first-order chi connectivity index (χ1) is 9.60. The molecule has 110 valence electrons. The number of carbonyl (C=O) groups is 1. The lowest BCUT2D eigenvalue weighted by atomic mass is 10.2. The van der Waals surface area contributed by atoms with E-state index in [4.69, 9.17) is 0 Å². The average Bonchev–Trinajstić information content (AvgIpc) is 2.44. The molecule has 1 aromatic rings. The van der Waals surface area contributed by atoms with Crippen LogP contribution in [0, 0.1) is 10.1 Å². The van der Waals surface area contributed by atoms with Gasteiger partial charge in [0.15, 0.2) is 0 Å². The molecule has 0 saturated heterocycles. The van der Waals surface area contributed by atoms with Crippen LogP contribution in [0.5, 0.6) is 0 Å². The summed E-state index contributed by atoms with van der Waals surface area (Å²) in [5.74, 6) is -0.0632. The number of nitro groups is 1. The maximum atomic E-state index is 11.4. The molecule has 3 N–H and O–H groups in total. The summed E-state index contributed by atoms with van der Waals surface area (Å²) in [7, 11) is 1.63. The summed E-state index contributed by atoms with van der Waals surface area (Å²) in [6, 6.07) is 4.98. The molecule has 0 aliphatic carbocycles. The molecule has 0 spiro atoms. The van der Waals surface area contributed by atoms with Gasteiger partial charge < -0.3 is 16.0 Å². The van der Waals surface area contributed by atoms with Crippen LogP contribution in [0.1, 0.15) is 19.8 Å². The summed E-state index contributed by atoms with van der Waals surface area (Å²) in [4.78, 5) is 22.1. The van der Waals surface area contributed by atoms with Gasteiger partial charge in [-0.05, 0) is 18.6 Å². The van der Waals surface area contributed by atoms with E-state index in [1.165, 1.54) is 0 Å². The number of nitro benzene ring substituents is 1. The Labute approximate surface area is 117 Å². The number of hydrogen-bond acceptors (Lipinski definition) is 5. The van der Waals surface area contributed by atoms with Crippen LogP contribution < -0.4 is 16.0 Å². The van der Waals surface area contributed by atoms with E-state index in [1.807, 2.05) is 6.92 Å². The van der Waals surface area contributed by atoms with Gasteiger partial charge in [-0.15, -0.1) is 0 Å². The van der Waals surface area contributed by atoms with Crippen LogP contribution in [0.3, 0.4) is 0 Å². The minimum atomic E-state index is -0.439. The first kappa shape index (κ1) is 15.7. The molecule has 1 rings (SSSR count). The van der Waals surface area contributed by atoms with Crippen molar-refractivity contribution in [3.05, 3.63) is 28.3 Å². The van der Waals surface area contributed by atoms with Gasteiger partial charge in [0.05, 0.1) is 4.92 Å². The number of para-hydroxylation sites is 1. The number of benzene rings is 1. The molecule has 0 heterocycles. The van der Waals surface area contributed by atoms with Gasteiger partial charge in [0.25, 0.3) is 0 Å². The molecule has 0 aliphatic heterocycles. The minimum absolute atomic E-state index is 0.0102. The van der Waals surface area contributed by atoms with Crippen LogP contribution >= 0.6 is 0 Å². The van der Waals surface area contributed by atoms with Crippen molar-refractivity contribution in [2.45, 2.75) is 19.8 Å². The van der Waals surface area contributed by atoms with Crippen molar-refractivity contribution in [1.82, 2.24) is 5.32 Å². The molecule has 0 fully saturated rings. The van der Waals surface area contributed by atoms with Gasteiger partial charge in [0.1, 0.15) is 11.4 Å². The van der Waals surface area contributed by atoms with Gasteiger partial charge in [-0.25, -0.2) is 0 Å².